The summed E-state index contributed by atoms with van der Waals surface area (Å²) < 4.78 is 10.7. The van der Waals surface area contributed by atoms with E-state index in [0.29, 0.717) is 33.6 Å². The van der Waals surface area contributed by atoms with Crippen molar-refractivity contribution in [2.75, 3.05) is 13.7 Å². The van der Waals surface area contributed by atoms with Gasteiger partial charge in [0.25, 0.3) is 11.8 Å². The average molecular weight is 423 g/mol. The standard InChI is InChI=1S/C20H23ClN2O4S/c1-5-16-12(3)9-17(28-16)20(25)23-22-18(24)8-7-13-10-14(21)19(26-4)15(11-13)27-6-2/h7-11H,5-6H2,1-4H3,(H,22,24)(H,23,25)/b8-7+. The normalized spacial score (nSPS) is 10.8. The van der Waals surface area contributed by atoms with Gasteiger partial charge in [-0.15, -0.1) is 11.3 Å². The average Bonchev–Trinajstić information content (AvgIpc) is 3.05. The molecule has 0 fully saturated rings. The number of nitrogens with one attached hydrogen (secondary N) is 2. The minimum Gasteiger partial charge on any atom is -0.491 e. The molecule has 0 aliphatic heterocycles. The maximum atomic E-state index is 12.1. The number of hydrogen-bond donors (Lipinski definition) is 2. The van der Waals surface area contributed by atoms with Crippen LogP contribution in [0.4, 0.5) is 0 Å². The lowest BCUT2D eigenvalue weighted by Gasteiger charge is -2.11. The topological polar surface area (TPSA) is 76.7 Å². The maximum absolute atomic E-state index is 12.1. The van der Waals surface area contributed by atoms with E-state index in [-0.39, 0.29) is 5.91 Å². The first-order valence-corrected chi connectivity index (χ1v) is 9.97. The lowest BCUT2D eigenvalue weighted by atomic mass is 10.2. The number of methoxy groups -OCH3 is 1. The highest BCUT2D eigenvalue weighted by Crippen LogP contribution is 2.36. The number of rotatable bonds is 7. The number of carbonyl (C=O) groups excluding carboxylic acids is 2. The van der Waals surface area contributed by atoms with Crippen molar-refractivity contribution in [2.45, 2.75) is 27.2 Å². The van der Waals surface area contributed by atoms with Crippen LogP contribution in [0.2, 0.25) is 5.02 Å². The van der Waals surface area contributed by atoms with E-state index in [9.17, 15) is 9.59 Å². The molecule has 2 amide bonds. The Morgan fingerprint density at radius 2 is 1.96 bits per heavy atom. The third kappa shape index (κ3) is 5.50. The van der Waals surface area contributed by atoms with Gasteiger partial charge in [0.1, 0.15) is 0 Å². The summed E-state index contributed by atoms with van der Waals surface area (Å²) in [5.74, 6) is 0.114. The van der Waals surface area contributed by atoms with Crippen LogP contribution < -0.4 is 20.3 Å². The Bertz CT molecular complexity index is 893. The van der Waals surface area contributed by atoms with Gasteiger partial charge in [0.05, 0.1) is 23.6 Å². The van der Waals surface area contributed by atoms with Crippen molar-refractivity contribution >= 4 is 40.8 Å². The molecule has 0 atom stereocenters. The van der Waals surface area contributed by atoms with Gasteiger partial charge in [-0.25, -0.2) is 0 Å². The van der Waals surface area contributed by atoms with Crippen LogP contribution in [0.25, 0.3) is 6.08 Å². The van der Waals surface area contributed by atoms with E-state index < -0.39 is 5.91 Å². The molecule has 28 heavy (non-hydrogen) atoms. The zero-order valence-electron chi connectivity index (χ0n) is 16.2. The van der Waals surface area contributed by atoms with Crippen LogP contribution in [0.5, 0.6) is 11.5 Å². The van der Waals surface area contributed by atoms with Gasteiger partial charge in [-0.2, -0.15) is 0 Å². The highest BCUT2D eigenvalue weighted by molar-refractivity contribution is 7.14. The van der Waals surface area contributed by atoms with Crippen LogP contribution in [0.1, 0.15) is 39.5 Å². The number of amides is 2. The number of hydrogen-bond acceptors (Lipinski definition) is 5. The third-order valence-electron chi connectivity index (χ3n) is 3.83. The molecule has 2 N–H and O–H groups in total. The predicted molar refractivity (Wildman–Crippen MR) is 112 cm³/mol. The third-order valence-corrected chi connectivity index (χ3v) is 5.49. The molecule has 150 valence electrons. The molecule has 1 aromatic carbocycles. The molecule has 0 spiro atoms. The fourth-order valence-electron chi connectivity index (χ4n) is 2.52. The van der Waals surface area contributed by atoms with Gasteiger partial charge in [0.15, 0.2) is 11.5 Å². The Morgan fingerprint density at radius 3 is 2.57 bits per heavy atom. The van der Waals surface area contributed by atoms with Crippen LogP contribution in [-0.4, -0.2) is 25.5 Å². The zero-order valence-corrected chi connectivity index (χ0v) is 17.8. The molecule has 0 unspecified atom stereocenters. The maximum Gasteiger partial charge on any atom is 0.279 e. The number of carbonyl (C=O) groups is 2. The van der Waals surface area contributed by atoms with E-state index in [4.69, 9.17) is 21.1 Å². The molecule has 8 heteroatoms. The Labute approximate surface area is 173 Å². The fourth-order valence-corrected chi connectivity index (χ4v) is 3.83. The van der Waals surface area contributed by atoms with Crippen molar-refractivity contribution in [3.63, 3.8) is 0 Å². The minimum atomic E-state index is -0.470. The van der Waals surface area contributed by atoms with Crippen LogP contribution in [0, 0.1) is 6.92 Å². The smallest absolute Gasteiger partial charge is 0.279 e. The van der Waals surface area contributed by atoms with Gasteiger partial charge in [0, 0.05) is 11.0 Å². The van der Waals surface area contributed by atoms with Crippen LogP contribution in [-0.2, 0) is 11.2 Å². The van der Waals surface area contributed by atoms with Crippen molar-refractivity contribution < 1.29 is 19.1 Å². The molecule has 0 radical (unpaired) electrons. The largest absolute Gasteiger partial charge is 0.491 e. The quantitative estimate of drug-likeness (QED) is 0.519. The lowest BCUT2D eigenvalue weighted by molar-refractivity contribution is -0.117. The van der Waals surface area contributed by atoms with Crippen LogP contribution in [0.15, 0.2) is 24.3 Å². The number of hydrazine groups is 1. The highest BCUT2D eigenvalue weighted by Gasteiger charge is 2.13. The van der Waals surface area contributed by atoms with E-state index in [0.717, 1.165) is 16.9 Å². The first kappa shape index (κ1) is 21.8. The van der Waals surface area contributed by atoms with Crippen molar-refractivity contribution in [1.29, 1.82) is 0 Å². The molecule has 1 heterocycles. The summed E-state index contributed by atoms with van der Waals surface area (Å²) in [6.07, 6.45) is 3.73. The van der Waals surface area contributed by atoms with Gasteiger partial charge < -0.3 is 9.47 Å². The molecule has 0 aliphatic rings. The van der Waals surface area contributed by atoms with Gasteiger partial charge >= 0.3 is 0 Å². The minimum absolute atomic E-state index is 0.347. The SMILES string of the molecule is CCOc1cc(/C=C/C(=O)NNC(=O)c2cc(C)c(CC)s2)cc(Cl)c1OC. The first-order valence-electron chi connectivity index (χ1n) is 8.77. The number of ether oxygens (including phenoxy) is 2. The summed E-state index contributed by atoms with van der Waals surface area (Å²) in [5.41, 5.74) is 6.52. The molecular weight excluding hydrogens is 400 g/mol. The van der Waals surface area contributed by atoms with E-state index >= 15 is 0 Å². The fraction of sp³-hybridized carbons (Fsp3) is 0.300. The summed E-state index contributed by atoms with van der Waals surface area (Å²) in [4.78, 5) is 25.9. The van der Waals surface area contributed by atoms with Gasteiger partial charge in [0.2, 0.25) is 0 Å². The molecular formula is C20H23ClN2O4S. The molecule has 0 saturated carbocycles. The second-order valence-electron chi connectivity index (χ2n) is 5.81. The molecule has 0 bridgehead atoms. The van der Waals surface area contributed by atoms with Crippen molar-refractivity contribution in [3.05, 3.63) is 50.2 Å². The summed E-state index contributed by atoms with van der Waals surface area (Å²) in [5, 5.41) is 0.376. The van der Waals surface area contributed by atoms with E-state index in [2.05, 4.69) is 10.9 Å². The van der Waals surface area contributed by atoms with E-state index in [1.165, 1.54) is 24.5 Å². The van der Waals surface area contributed by atoms with Crippen LogP contribution in [0.3, 0.4) is 0 Å². The van der Waals surface area contributed by atoms with Crippen molar-refractivity contribution in [1.82, 2.24) is 10.9 Å². The second-order valence-corrected chi connectivity index (χ2v) is 7.36. The van der Waals surface area contributed by atoms with Gasteiger partial charge in [-0.05, 0) is 55.7 Å². The Kier molecular flexibility index (Phi) is 7.90. The molecule has 2 rings (SSSR count). The molecule has 0 saturated heterocycles. The summed E-state index contributed by atoms with van der Waals surface area (Å²) in [7, 11) is 1.51. The van der Waals surface area contributed by atoms with Gasteiger partial charge in [-0.1, -0.05) is 18.5 Å². The molecule has 1 aromatic heterocycles. The summed E-state index contributed by atoms with van der Waals surface area (Å²) in [6, 6.07) is 5.19. The van der Waals surface area contributed by atoms with E-state index in [1.54, 1.807) is 18.2 Å². The monoisotopic (exact) mass is 422 g/mol. The number of benzene rings is 1. The summed E-state index contributed by atoms with van der Waals surface area (Å²) in [6.45, 7) is 6.30. The highest BCUT2D eigenvalue weighted by atomic mass is 35.5. The lowest BCUT2D eigenvalue weighted by Crippen LogP contribution is -2.40. The number of thiophene rings is 1. The molecule has 2 aromatic rings. The summed E-state index contributed by atoms with van der Waals surface area (Å²) >= 11 is 7.61. The Morgan fingerprint density at radius 1 is 1.21 bits per heavy atom. The number of aryl methyl sites for hydroxylation is 2. The first-order chi connectivity index (χ1) is 13.4. The molecule has 6 nitrogen and oxygen atoms in total. The van der Waals surface area contributed by atoms with E-state index in [1.807, 2.05) is 26.8 Å². The van der Waals surface area contributed by atoms with Crippen LogP contribution >= 0.6 is 22.9 Å². The predicted octanol–water partition coefficient (Wildman–Crippen LogP) is 4.15. The number of halogens is 1. The van der Waals surface area contributed by atoms with Gasteiger partial charge in [-0.3, -0.25) is 20.4 Å². The Hall–Kier alpha value is -2.51. The Balaban J connectivity index is 2.00. The van der Waals surface area contributed by atoms with Crippen molar-refractivity contribution in [2.24, 2.45) is 0 Å². The zero-order chi connectivity index (χ0) is 20.7. The van der Waals surface area contributed by atoms with Crippen molar-refractivity contribution in [3.8, 4) is 11.5 Å². The second kappa shape index (κ2) is 10.1. The molecule has 0 aliphatic carbocycles.